The highest BCUT2D eigenvalue weighted by atomic mass is 15.3. The molecule has 0 unspecified atom stereocenters. The molecule has 0 bridgehead atoms. The third-order valence-corrected chi connectivity index (χ3v) is 3.74. The largest absolute Gasteiger partial charge is 0.384 e. The van der Waals surface area contributed by atoms with E-state index in [-0.39, 0.29) is 0 Å². The van der Waals surface area contributed by atoms with Crippen LogP contribution in [0.15, 0.2) is 54.6 Å². The molecule has 3 heteroatoms. The SMILES string of the molecule is Cc1ccc(-c2cc(N)n(Cc3ccccc3C)n2)cc1. The number of nitrogens with zero attached hydrogens (tertiary/aromatic N) is 2. The number of aryl methyl sites for hydroxylation is 2. The van der Waals surface area contributed by atoms with Crippen LogP contribution in [0.25, 0.3) is 11.3 Å². The van der Waals surface area contributed by atoms with Crippen LogP contribution >= 0.6 is 0 Å². The van der Waals surface area contributed by atoms with Crippen LogP contribution in [0.4, 0.5) is 5.82 Å². The number of hydrogen-bond donors (Lipinski definition) is 1. The van der Waals surface area contributed by atoms with Gasteiger partial charge in [0.15, 0.2) is 0 Å². The van der Waals surface area contributed by atoms with Gasteiger partial charge in [-0.2, -0.15) is 5.10 Å². The van der Waals surface area contributed by atoms with Crippen molar-refractivity contribution < 1.29 is 0 Å². The Bertz CT molecular complexity index is 754. The van der Waals surface area contributed by atoms with Gasteiger partial charge >= 0.3 is 0 Å². The molecular weight excluding hydrogens is 258 g/mol. The van der Waals surface area contributed by atoms with Crippen molar-refractivity contribution in [2.75, 3.05) is 5.73 Å². The van der Waals surface area contributed by atoms with E-state index in [0.717, 1.165) is 11.3 Å². The van der Waals surface area contributed by atoms with E-state index in [1.165, 1.54) is 16.7 Å². The number of nitrogens with two attached hydrogens (primary N) is 1. The highest BCUT2D eigenvalue weighted by Gasteiger charge is 2.08. The third kappa shape index (κ3) is 2.82. The minimum absolute atomic E-state index is 0.689. The van der Waals surface area contributed by atoms with Crippen molar-refractivity contribution in [1.82, 2.24) is 9.78 Å². The lowest BCUT2D eigenvalue weighted by Crippen LogP contribution is -2.06. The first kappa shape index (κ1) is 13.4. The van der Waals surface area contributed by atoms with Gasteiger partial charge in [0.05, 0.1) is 12.2 Å². The lowest BCUT2D eigenvalue weighted by molar-refractivity contribution is 0.697. The van der Waals surface area contributed by atoms with Crippen molar-refractivity contribution >= 4 is 5.82 Å². The maximum Gasteiger partial charge on any atom is 0.122 e. The lowest BCUT2D eigenvalue weighted by Gasteiger charge is -2.07. The second-order valence-electron chi connectivity index (χ2n) is 5.40. The van der Waals surface area contributed by atoms with Gasteiger partial charge in [-0.25, -0.2) is 4.68 Å². The molecule has 0 saturated carbocycles. The molecule has 0 aliphatic heterocycles. The van der Waals surface area contributed by atoms with Crippen molar-refractivity contribution in [2.45, 2.75) is 20.4 Å². The molecule has 0 radical (unpaired) electrons. The Morgan fingerprint density at radius 1 is 1.00 bits per heavy atom. The number of hydrogen-bond acceptors (Lipinski definition) is 2. The Labute approximate surface area is 125 Å². The van der Waals surface area contributed by atoms with Crippen LogP contribution in [0.2, 0.25) is 0 Å². The second kappa shape index (κ2) is 5.44. The predicted molar refractivity (Wildman–Crippen MR) is 87.1 cm³/mol. The van der Waals surface area contributed by atoms with Crippen molar-refractivity contribution in [3.63, 3.8) is 0 Å². The Balaban J connectivity index is 1.91. The maximum atomic E-state index is 6.11. The summed E-state index contributed by atoms with van der Waals surface area (Å²) >= 11 is 0. The summed E-state index contributed by atoms with van der Waals surface area (Å²) < 4.78 is 1.86. The van der Waals surface area contributed by atoms with E-state index in [1.54, 1.807) is 0 Å². The Morgan fingerprint density at radius 2 is 1.71 bits per heavy atom. The molecule has 0 fully saturated rings. The molecule has 21 heavy (non-hydrogen) atoms. The average Bonchev–Trinajstić information content (AvgIpc) is 2.83. The van der Waals surface area contributed by atoms with Gasteiger partial charge in [0.2, 0.25) is 0 Å². The molecule has 106 valence electrons. The van der Waals surface area contributed by atoms with Gasteiger partial charge in [-0.1, -0.05) is 54.1 Å². The van der Waals surface area contributed by atoms with Crippen molar-refractivity contribution in [1.29, 1.82) is 0 Å². The Hall–Kier alpha value is -2.55. The molecule has 2 aromatic carbocycles. The van der Waals surface area contributed by atoms with E-state index in [0.29, 0.717) is 12.4 Å². The van der Waals surface area contributed by atoms with Gasteiger partial charge in [0.25, 0.3) is 0 Å². The zero-order chi connectivity index (χ0) is 14.8. The lowest BCUT2D eigenvalue weighted by atomic mass is 10.1. The number of nitrogen functional groups attached to an aromatic ring is 1. The van der Waals surface area contributed by atoms with Gasteiger partial charge in [0, 0.05) is 11.6 Å². The highest BCUT2D eigenvalue weighted by Crippen LogP contribution is 2.22. The second-order valence-corrected chi connectivity index (χ2v) is 5.40. The summed E-state index contributed by atoms with van der Waals surface area (Å²) in [5.41, 5.74) is 11.9. The van der Waals surface area contributed by atoms with E-state index in [2.05, 4.69) is 55.3 Å². The summed E-state index contributed by atoms with van der Waals surface area (Å²) in [7, 11) is 0. The number of benzene rings is 2. The van der Waals surface area contributed by atoms with Crippen LogP contribution in [-0.4, -0.2) is 9.78 Å². The summed E-state index contributed by atoms with van der Waals surface area (Å²) in [5, 5.41) is 4.64. The maximum absolute atomic E-state index is 6.11. The minimum Gasteiger partial charge on any atom is -0.384 e. The quantitative estimate of drug-likeness (QED) is 0.791. The normalized spacial score (nSPS) is 10.8. The fourth-order valence-corrected chi connectivity index (χ4v) is 2.37. The summed E-state index contributed by atoms with van der Waals surface area (Å²) in [6, 6.07) is 18.6. The molecule has 3 nitrogen and oxygen atoms in total. The predicted octanol–water partition coefficient (Wildman–Crippen LogP) is 3.80. The van der Waals surface area contributed by atoms with E-state index in [4.69, 9.17) is 5.73 Å². The van der Waals surface area contributed by atoms with Crippen LogP contribution in [-0.2, 0) is 6.54 Å². The summed E-state index contributed by atoms with van der Waals surface area (Å²) in [5.74, 6) is 0.689. The fourth-order valence-electron chi connectivity index (χ4n) is 2.37. The summed E-state index contributed by atoms with van der Waals surface area (Å²) in [4.78, 5) is 0. The molecule has 0 amide bonds. The average molecular weight is 277 g/mol. The van der Waals surface area contributed by atoms with Gasteiger partial charge in [-0.3, -0.25) is 0 Å². The minimum atomic E-state index is 0.689. The smallest absolute Gasteiger partial charge is 0.122 e. The zero-order valence-electron chi connectivity index (χ0n) is 12.4. The van der Waals surface area contributed by atoms with E-state index in [9.17, 15) is 0 Å². The molecule has 0 aliphatic rings. The molecule has 0 spiro atoms. The van der Waals surface area contributed by atoms with Crippen molar-refractivity contribution in [3.05, 3.63) is 71.3 Å². The first-order valence-corrected chi connectivity index (χ1v) is 7.08. The van der Waals surface area contributed by atoms with Crippen LogP contribution in [0, 0.1) is 13.8 Å². The van der Waals surface area contributed by atoms with Crippen LogP contribution in [0.1, 0.15) is 16.7 Å². The monoisotopic (exact) mass is 277 g/mol. The Morgan fingerprint density at radius 3 is 2.43 bits per heavy atom. The highest BCUT2D eigenvalue weighted by molar-refractivity contribution is 5.62. The van der Waals surface area contributed by atoms with Crippen LogP contribution in [0.3, 0.4) is 0 Å². The van der Waals surface area contributed by atoms with Gasteiger partial charge in [0.1, 0.15) is 5.82 Å². The van der Waals surface area contributed by atoms with Crippen molar-refractivity contribution in [2.24, 2.45) is 0 Å². The molecular formula is C18H19N3. The first-order chi connectivity index (χ1) is 10.1. The molecule has 3 rings (SSSR count). The fraction of sp³-hybridized carbons (Fsp3) is 0.167. The van der Waals surface area contributed by atoms with E-state index < -0.39 is 0 Å². The van der Waals surface area contributed by atoms with Crippen LogP contribution < -0.4 is 5.73 Å². The van der Waals surface area contributed by atoms with E-state index >= 15 is 0 Å². The van der Waals surface area contributed by atoms with Gasteiger partial charge in [-0.05, 0) is 25.0 Å². The molecule has 0 aliphatic carbocycles. The number of anilines is 1. The standard InChI is InChI=1S/C18H19N3/c1-13-7-9-15(10-8-13)17-11-18(19)21(20-17)12-16-6-4-3-5-14(16)2/h3-11H,12,19H2,1-2H3. The number of aromatic nitrogens is 2. The topological polar surface area (TPSA) is 43.8 Å². The van der Waals surface area contributed by atoms with Gasteiger partial charge < -0.3 is 5.73 Å². The molecule has 0 saturated heterocycles. The summed E-state index contributed by atoms with van der Waals surface area (Å²) in [6.45, 7) is 4.88. The van der Waals surface area contributed by atoms with Crippen molar-refractivity contribution in [3.8, 4) is 11.3 Å². The molecule has 2 N–H and O–H groups in total. The zero-order valence-corrected chi connectivity index (χ0v) is 12.4. The molecule has 1 aromatic heterocycles. The molecule has 0 atom stereocenters. The third-order valence-electron chi connectivity index (χ3n) is 3.74. The summed E-state index contributed by atoms with van der Waals surface area (Å²) in [6.07, 6.45) is 0. The van der Waals surface area contributed by atoms with E-state index in [1.807, 2.05) is 22.9 Å². The molecule has 1 heterocycles. The van der Waals surface area contributed by atoms with Gasteiger partial charge in [-0.15, -0.1) is 0 Å². The number of rotatable bonds is 3. The van der Waals surface area contributed by atoms with Crippen LogP contribution in [0.5, 0.6) is 0 Å². The Kier molecular flexibility index (Phi) is 3.48. The first-order valence-electron chi connectivity index (χ1n) is 7.08. The molecule has 3 aromatic rings.